The fourth-order valence-electron chi connectivity index (χ4n) is 9.97. The van der Waals surface area contributed by atoms with Gasteiger partial charge in [0.2, 0.25) is 0 Å². The Morgan fingerprint density at radius 1 is 0.400 bits per heavy atom. The molecule has 0 aliphatic rings. The molecule has 0 spiro atoms. The number of ether oxygens (including phenoxy) is 2. The number of rotatable bonds is 63. The highest BCUT2D eigenvalue weighted by Gasteiger charge is 2.26. The normalized spacial score (nSPS) is 13.1. The zero-order valence-corrected chi connectivity index (χ0v) is 50.7. The van der Waals surface area contributed by atoms with Gasteiger partial charge in [-0.15, -0.1) is 0 Å². The van der Waals surface area contributed by atoms with E-state index in [4.69, 9.17) is 24.3 Å². The van der Waals surface area contributed by atoms with Gasteiger partial charge in [0.15, 0.2) is 6.10 Å². The first kappa shape index (κ1) is 73.5. The zero-order chi connectivity index (χ0) is 54.5. The van der Waals surface area contributed by atoms with E-state index in [0.717, 1.165) is 38.5 Å². The Morgan fingerprint density at radius 2 is 0.693 bits per heavy atom. The molecule has 2 atom stereocenters. The maximum Gasteiger partial charge on any atom is 0.472 e. The molecule has 0 saturated carbocycles. The van der Waals surface area contributed by atoms with Gasteiger partial charge in [-0.25, -0.2) is 4.57 Å². The highest BCUT2D eigenvalue weighted by Crippen LogP contribution is 2.43. The third-order valence-electron chi connectivity index (χ3n) is 14.8. The highest BCUT2D eigenvalue weighted by atomic mass is 31.2. The van der Waals surface area contributed by atoms with Crippen molar-refractivity contribution < 1.29 is 37.6 Å². The maximum absolute atomic E-state index is 12.7. The molecule has 0 aliphatic carbocycles. The zero-order valence-electron chi connectivity index (χ0n) is 49.8. The summed E-state index contributed by atoms with van der Waals surface area (Å²) < 4.78 is 33.1. The Hall–Kier alpha value is -1.51. The number of carbonyl (C=O) groups excluding carboxylic acids is 2. The van der Waals surface area contributed by atoms with Gasteiger partial charge in [0.1, 0.15) is 6.61 Å². The van der Waals surface area contributed by atoms with Crippen molar-refractivity contribution in [1.29, 1.82) is 0 Å². The molecule has 0 rings (SSSR count). The third kappa shape index (κ3) is 61.6. The topological polar surface area (TPSA) is 134 Å². The van der Waals surface area contributed by atoms with Crippen LogP contribution in [0.25, 0.3) is 0 Å². The minimum atomic E-state index is -4.39. The van der Waals surface area contributed by atoms with Gasteiger partial charge in [-0.3, -0.25) is 18.6 Å². The van der Waals surface area contributed by atoms with E-state index in [1.165, 1.54) is 276 Å². The number of hydrogen-bond donors (Lipinski definition) is 2. The molecule has 0 amide bonds. The number of nitrogens with two attached hydrogens (primary N) is 1. The van der Waals surface area contributed by atoms with Crippen molar-refractivity contribution in [1.82, 2.24) is 0 Å². The molecule has 9 nitrogen and oxygen atoms in total. The Morgan fingerprint density at radius 3 is 1.01 bits per heavy atom. The molecule has 2 unspecified atom stereocenters. The van der Waals surface area contributed by atoms with Gasteiger partial charge in [-0.1, -0.05) is 314 Å². The lowest BCUT2D eigenvalue weighted by Gasteiger charge is -2.19. The van der Waals surface area contributed by atoms with Gasteiger partial charge < -0.3 is 20.1 Å². The lowest BCUT2D eigenvalue weighted by Crippen LogP contribution is -2.29. The maximum atomic E-state index is 12.7. The minimum Gasteiger partial charge on any atom is -0.462 e. The first-order valence-electron chi connectivity index (χ1n) is 32.8. The average molecular weight is 1080 g/mol. The van der Waals surface area contributed by atoms with Gasteiger partial charge in [-0.05, 0) is 44.9 Å². The second kappa shape index (κ2) is 61.7. The molecule has 10 heteroatoms. The minimum absolute atomic E-state index is 0.0564. The summed E-state index contributed by atoms with van der Waals surface area (Å²) in [6.45, 7) is 3.81. The van der Waals surface area contributed by atoms with E-state index in [1.54, 1.807) is 0 Å². The van der Waals surface area contributed by atoms with E-state index in [2.05, 4.69) is 38.2 Å². The quantitative estimate of drug-likeness (QED) is 0.0264. The Balaban J connectivity index is 3.86. The van der Waals surface area contributed by atoms with Crippen molar-refractivity contribution in [2.45, 2.75) is 354 Å². The third-order valence-corrected chi connectivity index (χ3v) is 15.8. The van der Waals surface area contributed by atoms with Crippen LogP contribution in [0.5, 0.6) is 0 Å². The summed E-state index contributed by atoms with van der Waals surface area (Å²) in [5, 5.41) is 0. The fraction of sp³-hybridized carbons (Fsp3) is 0.908. The molecule has 444 valence electrons. The molecule has 75 heavy (non-hydrogen) atoms. The van der Waals surface area contributed by atoms with Gasteiger partial charge >= 0.3 is 19.8 Å². The first-order valence-corrected chi connectivity index (χ1v) is 34.3. The van der Waals surface area contributed by atoms with Crippen molar-refractivity contribution in [2.24, 2.45) is 5.73 Å². The van der Waals surface area contributed by atoms with Crippen LogP contribution in [0, 0.1) is 0 Å². The van der Waals surface area contributed by atoms with Crippen LogP contribution >= 0.6 is 7.82 Å². The van der Waals surface area contributed by atoms with Crippen LogP contribution in [0.2, 0.25) is 0 Å². The summed E-state index contributed by atoms with van der Waals surface area (Å²) in [6.07, 6.45) is 74.0. The summed E-state index contributed by atoms with van der Waals surface area (Å²) in [6, 6.07) is 0. The SMILES string of the molecule is CCCCCCC/C=C\C/C=C\CCCCCCCCCCCCCCCCCC(=O)OC(COC(=O)CCCCCCCCCCCCCCCCCCCCCCCCCCCCC)COP(=O)(O)OCCN. The van der Waals surface area contributed by atoms with Gasteiger partial charge in [-0.2, -0.15) is 0 Å². The van der Waals surface area contributed by atoms with Crippen LogP contribution in [-0.2, 0) is 32.7 Å². The molecule has 0 aromatic heterocycles. The van der Waals surface area contributed by atoms with Crippen LogP contribution in [0.3, 0.4) is 0 Å². The molecule has 3 N–H and O–H groups in total. The molecule has 0 radical (unpaired) electrons. The first-order chi connectivity index (χ1) is 36.8. The molecule has 0 aromatic rings. The van der Waals surface area contributed by atoms with Crippen molar-refractivity contribution in [3.05, 3.63) is 24.3 Å². The second-order valence-electron chi connectivity index (χ2n) is 22.3. The number of esters is 2. The predicted octanol–water partition coefficient (Wildman–Crippen LogP) is 21.0. The van der Waals surface area contributed by atoms with E-state index in [0.29, 0.717) is 6.42 Å². The number of allylic oxidation sites excluding steroid dienone is 4. The largest absolute Gasteiger partial charge is 0.472 e. The number of phosphoric ester groups is 1. The van der Waals surface area contributed by atoms with Crippen LogP contribution in [-0.4, -0.2) is 49.3 Å². The lowest BCUT2D eigenvalue weighted by atomic mass is 10.0. The average Bonchev–Trinajstić information content (AvgIpc) is 3.40. The molecular formula is C65H126NO8P. The summed E-state index contributed by atoms with van der Waals surface area (Å²) in [5.41, 5.74) is 5.40. The summed E-state index contributed by atoms with van der Waals surface area (Å²) >= 11 is 0. The van der Waals surface area contributed by atoms with Crippen molar-refractivity contribution >= 4 is 19.8 Å². The molecule has 0 aromatic carbocycles. The van der Waals surface area contributed by atoms with Gasteiger partial charge in [0.25, 0.3) is 0 Å². The lowest BCUT2D eigenvalue weighted by molar-refractivity contribution is -0.161. The van der Waals surface area contributed by atoms with Crippen molar-refractivity contribution in [3.63, 3.8) is 0 Å². The smallest absolute Gasteiger partial charge is 0.462 e. The van der Waals surface area contributed by atoms with E-state index in [9.17, 15) is 19.0 Å². The van der Waals surface area contributed by atoms with Crippen LogP contribution in [0.4, 0.5) is 0 Å². The van der Waals surface area contributed by atoms with E-state index < -0.39 is 26.5 Å². The molecule has 0 fully saturated rings. The highest BCUT2D eigenvalue weighted by molar-refractivity contribution is 7.47. The monoisotopic (exact) mass is 1080 g/mol. The fourth-order valence-corrected chi connectivity index (χ4v) is 10.7. The van der Waals surface area contributed by atoms with Gasteiger partial charge in [0, 0.05) is 19.4 Å². The number of unbranched alkanes of at least 4 members (excludes halogenated alkanes) is 46. The van der Waals surface area contributed by atoms with E-state index >= 15 is 0 Å². The van der Waals surface area contributed by atoms with E-state index in [1.807, 2.05) is 0 Å². The second-order valence-corrected chi connectivity index (χ2v) is 23.8. The Kier molecular flexibility index (Phi) is 60.5. The molecule has 0 aliphatic heterocycles. The Bertz CT molecular complexity index is 1280. The molecular weight excluding hydrogens is 954 g/mol. The molecule has 0 saturated heterocycles. The van der Waals surface area contributed by atoms with Crippen LogP contribution < -0.4 is 5.73 Å². The van der Waals surface area contributed by atoms with Crippen LogP contribution in [0.15, 0.2) is 24.3 Å². The summed E-state index contributed by atoms with van der Waals surface area (Å²) in [4.78, 5) is 35.3. The predicted molar refractivity (Wildman–Crippen MR) is 321 cm³/mol. The molecule has 0 bridgehead atoms. The molecule has 0 heterocycles. The number of carbonyl (C=O) groups is 2. The van der Waals surface area contributed by atoms with Crippen molar-refractivity contribution in [2.75, 3.05) is 26.4 Å². The van der Waals surface area contributed by atoms with E-state index in [-0.39, 0.29) is 38.6 Å². The standard InChI is InChI=1S/C65H126NO8P/c1-3-5-7-9-11-13-15-17-19-21-23-25-27-29-31-33-35-37-39-41-43-45-47-49-51-53-55-57-64(67)71-61-63(62-73-75(69,70)72-60-59-66)74-65(68)58-56-54-52-50-48-46-44-42-40-38-36-34-32-30-28-26-24-22-20-18-16-14-12-10-8-6-4-2/h16,18,22,24,63H,3-15,17,19-21,23,25-62,66H2,1-2H3,(H,69,70)/b18-16-,24-22-. The van der Waals surface area contributed by atoms with Crippen LogP contribution in [0.1, 0.15) is 348 Å². The number of hydrogen-bond acceptors (Lipinski definition) is 8. The summed E-state index contributed by atoms with van der Waals surface area (Å²) in [7, 11) is -4.39. The van der Waals surface area contributed by atoms with Crippen molar-refractivity contribution in [3.8, 4) is 0 Å². The number of phosphoric acid groups is 1. The summed E-state index contributed by atoms with van der Waals surface area (Å²) in [5.74, 6) is -0.806. The Labute approximate surface area is 465 Å². The van der Waals surface area contributed by atoms with Gasteiger partial charge in [0.05, 0.1) is 13.2 Å².